The van der Waals surface area contributed by atoms with Crippen molar-refractivity contribution >= 4 is 0 Å². The van der Waals surface area contributed by atoms with Crippen molar-refractivity contribution in [2.45, 2.75) is 78.4 Å². The molecule has 1 aliphatic rings. The molecule has 0 fully saturated rings. The largest absolute Gasteiger partial charge is 0.389 e. The Kier molecular flexibility index (Phi) is 7.58. The zero-order valence-corrected chi connectivity index (χ0v) is 15.0. The van der Waals surface area contributed by atoms with Crippen LogP contribution < -0.4 is 0 Å². The summed E-state index contributed by atoms with van der Waals surface area (Å²) in [5.41, 5.74) is 1.44. The highest BCUT2D eigenvalue weighted by Gasteiger charge is 2.31. The first-order valence-electron chi connectivity index (χ1n) is 8.66. The molecule has 1 rings (SSSR count). The second kappa shape index (κ2) is 8.69. The zero-order valence-electron chi connectivity index (χ0n) is 15.0. The summed E-state index contributed by atoms with van der Waals surface area (Å²) in [6.07, 6.45) is 12.4. The van der Waals surface area contributed by atoms with Gasteiger partial charge in [0.05, 0.1) is 11.7 Å². The predicted octanol–water partition coefficient (Wildman–Crippen LogP) is 4.78. The zero-order chi connectivity index (χ0) is 16.8. The van der Waals surface area contributed by atoms with Gasteiger partial charge < -0.3 is 10.2 Å². The van der Waals surface area contributed by atoms with Gasteiger partial charge in [0.15, 0.2) is 0 Å². The molecule has 3 atom stereocenters. The fourth-order valence-corrected chi connectivity index (χ4v) is 2.75. The summed E-state index contributed by atoms with van der Waals surface area (Å²) in [6.45, 7) is 10.4. The van der Waals surface area contributed by atoms with E-state index in [4.69, 9.17) is 0 Å². The standard InChI is InChI=1S/C20H34O2/c1-15(2)20(22)13-12-17(4)9-6-8-16(3)10-7-11-18(5)19(21)14-20/h8,11-13,15,17,19,21-22H,6-7,9-10,14H2,1-5H3/b13-12+,16-8+,18-11+/t17-,19?,20-/m0/s1. The molecule has 0 aromatic carbocycles. The Bertz CT molecular complexity index is 431. The van der Waals surface area contributed by atoms with E-state index < -0.39 is 11.7 Å². The molecule has 0 radical (unpaired) electrons. The van der Waals surface area contributed by atoms with E-state index in [9.17, 15) is 10.2 Å². The van der Waals surface area contributed by atoms with Crippen LogP contribution in [-0.4, -0.2) is 21.9 Å². The van der Waals surface area contributed by atoms with Crippen molar-refractivity contribution in [2.75, 3.05) is 0 Å². The molecule has 0 spiro atoms. The first-order chi connectivity index (χ1) is 10.2. The molecule has 1 aliphatic carbocycles. The van der Waals surface area contributed by atoms with Crippen molar-refractivity contribution in [2.24, 2.45) is 11.8 Å². The highest BCUT2D eigenvalue weighted by Crippen LogP contribution is 2.28. The number of allylic oxidation sites excluding steroid dienone is 4. The highest BCUT2D eigenvalue weighted by atomic mass is 16.3. The third-order valence-electron chi connectivity index (χ3n) is 4.88. The Morgan fingerprint density at radius 3 is 2.50 bits per heavy atom. The minimum absolute atomic E-state index is 0.0773. The summed E-state index contributed by atoms with van der Waals surface area (Å²) in [5.74, 6) is 0.513. The van der Waals surface area contributed by atoms with Gasteiger partial charge in [0.2, 0.25) is 0 Å². The summed E-state index contributed by atoms with van der Waals surface area (Å²) in [5, 5.41) is 21.3. The summed E-state index contributed by atoms with van der Waals surface area (Å²) < 4.78 is 0. The first-order valence-corrected chi connectivity index (χ1v) is 8.66. The lowest BCUT2D eigenvalue weighted by atomic mass is 9.82. The summed E-state index contributed by atoms with van der Waals surface area (Å²) in [6, 6.07) is 0. The second-order valence-corrected chi connectivity index (χ2v) is 7.32. The Hall–Kier alpha value is -0.860. The van der Waals surface area contributed by atoms with Gasteiger partial charge in [0, 0.05) is 6.42 Å². The van der Waals surface area contributed by atoms with Crippen molar-refractivity contribution in [3.05, 3.63) is 35.5 Å². The van der Waals surface area contributed by atoms with Gasteiger partial charge in [0.1, 0.15) is 0 Å². The average molecular weight is 306 g/mol. The number of aliphatic hydroxyl groups excluding tert-OH is 1. The van der Waals surface area contributed by atoms with E-state index in [-0.39, 0.29) is 5.92 Å². The van der Waals surface area contributed by atoms with Crippen LogP contribution in [0, 0.1) is 11.8 Å². The van der Waals surface area contributed by atoms with Crippen molar-refractivity contribution in [3.63, 3.8) is 0 Å². The van der Waals surface area contributed by atoms with Crippen LogP contribution in [0.2, 0.25) is 0 Å². The van der Waals surface area contributed by atoms with Gasteiger partial charge in [-0.2, -0.15) is 0 Å². The minimum atomic E-state index is -0.946. The van der Waals surface area contributed by atoms with Crippen molar-refractivity contribution in [1.82, 2.24) is 0 Å². The lowest BCUT2D eigenvalue weighted by Crippen LogP contribution is -2.37. The molecule has 2 nitrogen and oxygen atoms in total. The maximum absolute atomic E-state index is 10.9. The summed E-state index contributed by atoms with van der Waals surface area (Å²) >= 11 is 0. The number of hydrogen-bond acceptors (Lipinski definition) is 2. The fraction of sp³-hybridized carbons (Fsp3) is 0.700. The van der Waals surface area contributed by atoms with E-state index >= 15 is 0 Å². The summed E-state index contributed by atoms with van der Waals surface area (Å²) in [7, 11) is 0. The van der Waals surface area contributed by atoms with Crippen LogP contribution >= 0.6 is 0 Å². The average Bonchev–Trinajstić information content (AvgIpc) is 2.44. The molecule has 2 heteroatoms. The van der Waals surface area contributed by atoms with Gasteiger partial charge >= 0.3 is 0 Å². The third kappa shape index (κ3) is 6.10. The lowest BCUT2D eigenvalue weighted by molar-refractivity contribution is 0.00153. The molecule has 0 saturated heterocycles. The van der Waals surface area contributed by atoms with Gasteiger partial charge in [0.25, 0.3) is 0 Å². The van der Waals surface area contributed by atoms with Crippen molar-refractivity contribution < 1.29 is 10.2 Å². The smallest absolute Gasteiger partial charge is 0.0878 e. The van der Waals surface area contributed by atoms with Crippen LogP contribution in [0.3, 0.4) is 0 Å². The molecule has 0 aliphatic heterocycles. The molecular weight excluding hydrogens is 272 g/mol. The predicted molar refractivity (Wildman–Crippen MR) is 94.7 cm³/mol. The fourth-order valence-electron chi connectivity index (χ4n) is 2.75. The van der Waals surface area contributed by atoms with Gasteiger partial charge in [-0.3, -0.25) is 0 Å². The monoisotopic (exact) mass is 306 g/mol. The molecule has 2 N–H and O–H groups in total. The molecule has 126 valence electrons. The Balaban J connectivity index is 3.01. The quantitative estimate of drug-likeness (QED) is 0.684. The van der Waals surface area contributed by atoms with E-state index in [1.54, 1.807) is 0 Å². The molecular formula is C20H34O2. The second-order valence-electron chi connectivity index (χ2n) is 7.32. The SMILES string of the molecule is C/C1=C\CC[C@H](C)/C=C/[C@@](O)(C(C)C)CC(O)/C(C)=C/CC1. The van der Waals surface area contributed by atoms with E-state index in [2.05, 4.69) is 32.1 Å². The highest BCUT2D eigenvalue weighted by molar-refractivity contribution is 5.13. The van der Waals surface area contributed by atoms with E-state index in [0.29, 0.717) is 12.3 Å². The minimum Gasteiger partial charge on any atom is -0.389 e. The first kappa shape index (κ1) is 19.2. The van der Waals surface area contributed by atoms with Crippen LogP contribution in [-0.2, 0) is 0 Å². The lowest BCUT2D eigenvalue weighted by Gasteiger charge is -2.32. The van der Waals surface area contributed by atoms with Crippen LogP contribution in [0.15, 0.2) is 35.5 Å². The van der Waals surface area contributed by atoms with Gasteiger partial charge in [-0.15, -0.1) is 0 Å². The van der Waals surface area contributed by atoms with Crippen LogP contribution in [0.1, 0.15) is 66.7 Å². The van der Waals surface area contributed by atoms with Crippen LogP contribution in [0.5, 0.6) is 0 Å². The molecule has 0 aromatic heterocycles. The molecule has 0 aromatic rings. The Morgan fingerprint density at radius 2 is 1.86 bits per heavy atom. The third-order valence-corrected chi connectivity index (χ3v) is 4.88. The number of rotatable bonds is 1. The molecule has 0 bridgehead atoms. The normalized spacial score (nSPS) is 38.5. The maximum atomic E-state index is 10.9. The van der Waals surface area contributed by atoms with Crippen molar-refractivity contribution in [1.29, 1.82) is 0 Å². The number of aliphatic hydroxyl groups is 2. The van der Waals surface area contributed by atoms with E-state index in [0.717, 1.165) is 31.3 Å². The van der Waals surface area contributed by atoms with E-state index in [1.165, 1.54) is 5.57 Å². The molecule has 1 unspecified atom stereocenters. The molecule has 0 heterocycles. The maximum Gasteiger partial charge on any atom is 0.0878 e. The number of hydrogen-bond donors (Lipinski definition) is 2. The van der Waals surface area contributed by atoms with Crippen LogP contribution in [0.4, 0.5) is 0 Å². The molecule has 0 saturated carbocycles. The van der Waals surface area contributed by atoms with Gasteiger partial charge in [-0.25, -0.2) is 0 Å². The van der Waals surface area contributed by atoms with Crippen LogP contribution in [0.25, 0.3) is 0 Å². The van der Waals surface area contributed by atoms with Crippen molar-refractivity contribution in [3.8, 4) is 0 Å². The summed E-state index contributed by atoms with van der Waals surface area (Å²) in [4.78, 5) is 0. The Labute approximate surface area is 136 Å². The van der Waals surface area contributed by atoms with Gasteiger partial charge in [-0.05, 0) is 56.9 Å². The Morgan fingerprint density at radius 1 is 1.18 bits per heavy atom. The molecule has 22 heavy (non-hydrogen) atoms. The topological polar surface area (TPSA) is 40.5 Å². The van der Waals surface area contributed by atoms with E-state index in [1.807, 2.05) is 26.8 Å². The molecule has 0 amide bonds. The van der Waals surface area contributed by atoms with Gasteiger partial charge in [-0.1, -0.05) is 50.6 Å².